The van der Waals surface area contributed by atoms with Gasteiger partial charge in [-0.2, -0.15) is 0 Å². The maximum Gasteiger partial charge on any atom is 0.0767 e. The van der Waals surface area contributed by atoms with Gasteiger partial charge in [-0.3, -0.25) is 4.99 Å². The summed E-state index contributed by atoms with van der Waals surface area (Å²) in [5.74, 6) is 0. The van der Waals surface area contributed by atoms with Crippen LogP contribution in [0.1, 0.15) is 6.92 Å². The molecule has 2 aliphatic heterocycles. The van der Waals surface area contributed by atoms with Crippen LogP contribution in [0.15, 0.2) is 4.99 Å². The molecule has 2 heterocycles. The van der Waals surface area contributed by atoms with Gasteiger partial charge < -0.3 is 5.32 Å². The second-order valence-corrected chi connectivity index (χ2v) is 3.96. The fourth-order valence-corrected chi connectivity index (χ4v) is 2.52. The first-order chi connectivity index (χ1) is 4.36. The van der Waals surface area contributed by atoms with Crippen LogP contribution in [0.25, 0.3) is 0 Å². The minimum Gasteiger partial charge on any atom is -0.313 e. The fourth-order valence-electron chi connectivity index (χ4n) is 1.37. The van der Waals surface area contributed by atoms with E-state index in [9.17, 15) is 0 Å². The zero-order valence-corrected chi connectivity index (χ0v) is 6.24. The molecular formula is C6H10N2S. The van der Waals surface area contributed by atoms with E-state index in [1.54, 1.807) is 0 Å². The molecule has 50 valence electrons. The Morgan fingerprint density at radius 2 is 2.56 bits per heavy atom. The summed E-state index contributed by atoms with van der Waals surface area (Å²) in [6.45, 7) is 4.34. The smallest absolute Gasteiger partial charge is 0.0767 e. The Kier molecular flexibility index (Phi) is 1.27. The number of thioether (sulfide) groups is 1. The summed E-state index contributed by atoms with van der Waals surface area (Å²) >= 11 is 1.92. The monoisotopic (exact) mass is 142 g/mol. The molecule has 9 heavy (non-hydrogen) atoms. The lowest BCUT2D eigenvalue weighted by Crippen LogP contribution is -2.12. The van der Waals surface area contributed by atoms with E-state index in [-0.39, 0.29) is 0 Å². The number of nitrogens with one attached hydrogen (secondary N) is 1. The highest BCUT2D eigenvalue weighted by Gasteiger charge is 2.31. The van der Waals surface area contributed by atoms with Gasteiger partial charge in [-0.25, -0.2) is 0 Å². The zero-order chi connectivity index (χ0) is 6.27. The molecule has 2 nitrogen and oxygen atoms in total. The van der Waals surface area contributed by atoms with Crippen molar-refractivity contribution in [1.29, 1.82) is 0 Å². The van der Waals surface area contributed by atoms with Crippen LogP contribution in [0.4, 0.5) is 0 Å². The van der Waals surface area contributed by atoms with Gasteiger partial charge in [-0.15, -0.1) is 11.8 Å². The maximum absolute atomic E-state index is 4.47. The van der Waals surface area contributed by atoms with Crippen molar-refractivity contribution in [3.8, 4) is 0 Å². The first-order valence-electron chi connectivity index (χ1n) is 3.28. The van der Waals surface area contributed by atoms with E-state index in [1.165, 1.54) is 5.04 Å². The molecule has 1 saturated heterocycles. The Balaban J connectivity index is 2.13. The van der Waals surface area contributed by atoms with Gasteiger partial charge in [0.2, 0.25) is 0 Å². The largest absolute Gasteiger partial charge is 0.313 e. The Hall–Kier alpha value is -0.0200. The Morgan fingerprint density at radius 3 is 3.33 bits per heavy atom. The van der Waals surface area contributed by atoms with E-state index in [0.717, 1.165) is 18.3 Å². The van der Waals surface area contributed by atoms with Crippen LogP contribution in [0, 0.1) is 0 Å². The lowest BCUT2D eigenvalue weighted by Gasteiger charge is -2.00. The average Bonchev–Trinajstić information content (AvgIpc) is 2.22. The molecule has 0 aromatic heterocycles. The summed E-state index contributed by atoms with van der Waals surface area (Å²) in [6.07, 6.45) is 0. The summed E-state index contributed by atoms with van der Waals surface area (Å²) in [4.78, 5) is 4.47. The van der Waals surface area contributed by atoms with Crippen molar-refractivity contribution in [3.63, 3.8) is 0 Å². The topological polar surface area (TPSA) is 24.4 Å². The van der Waals surface area contributed by atoms with Gasteiger partial charge in [0.25, 0.3) is 0 Å². The Bertz CT molecular complexity index is 155. The van der Waals surface area contributed by atoms with Crippen molar-refractivity contribution in [2.45, 2.75) is 18.2 Å². The van der Waals surface area contributed by atoms with Crippen molar-refractivity contribution >= 4 is 16.8 Å². The van der Waals surface area contributed by atoms with Crippen LogP contribution in [-0.2, 0) is 0 Å². The Labute approximate surface area is 59.1 Å². The second kappa shape index (κ2) is 1.99. The molecule has 1 fully saturated rings. The molecule has 2 aliphatic rings. The van der Waals surface area contributed by atoms with Crippen LogP contribution >= 0.6 is 11.8 Å². The zero-order valence-electron chi connectivity index (χ0n) is 5.42. The van der Waals surface area contributed by atoms with Crippen molar-refractivity contribution in [2.24, 2.45) is 4.99 Å². The third kappa shape index (κ3) is 0.883. The van der Waals surface area contributed by atoms with Crippen molar-refractivity contribution in [2.75, 3.05) is 13.1 Å². The van der Waals surface area contributed by atoms with Gasteiger partial charge in [-0.1, -0.05) is 0 Å². The Morgan fingerprint density at radius 1 is 1.67 bits per heavy atom. The molecule has 0 saturated carbocycles. The number of hydrogen-bond donors (Lipinski definition) is 1. The molecule has 0 amide bonds. The molecule has 0 radical (unpaired) electrons. The molecule has 0 spiro atoms. The SMILES string of the molecule is CC1=NC2CNCC2S1. The molecule has 2 atom stereocenters. The first-order valence-corrected chi connectivity index (χ1v) is 4.16. The number of rotatable bonds is 0. The molecule has 1 N–H and O–H groups in total. The normalized spacial score (nSPS) is 40.8. The molecule has 0 aliphatic carbocycles. The summed E-state index contributed by atoms with van der Waals surface area (Å²) in [6, 6.07) is 0.593. The highest BCUT2D eigenvalue weighted by Crippen LogP contribution is 2.28. The number of nitrogens with zero attached hydrogens (tertiary/aromatic N) is 1. The van der Waals surface area contributed by atoms with Crippen LogP contribution in [0.2, 0.25) is 0 Å². The van der Waals surface area contributed by atoms with Crippen molar-refractivity contribution in [1.82, 2.24) is 5.32 Å². The predicted octanol–water partition coefficient (Wildman–Crippen LogP) is 0.492. The minimum absolute atomic E-state index is 0.593. The average molecular weight is 142 g/mol. The number of aliphatic imine (C=N–C) groups is 1. The predicted molar refractivity (Wildman–Crippen MR) is 41.1 cm³/mol. The van der Waals surface area contributed by atoms with Crippen molar-refractivity contribution in [3.05, 3.63) is 0 Å². The maximum atomic E-state index is 4.47. The summed E-state index contributed by atoms with van der Waals surface area (Å²) in [5, 5.41) is 5.34. The third-order valence-corrected chi connectivity index (χ3v) is 3.03. The van der Waals surface area contributed by atoms with Crippen LogP contribution < -0.4 is 5.32 Å². The molecular weight excluding hydrogens is 132 g/mol. The third-order valence-electron chi connectivity index (χ3n) is 1.80. The highest BCUT2D eigenvalue weighted by molar-refractivity contribution is 8.14. The standard InChI is InChI=1S/C6H10N2S/c1-4-8-5-2-7-3-6(5)9-4/h5-7H,2-3H2,1H3. The minimum atomic E-state index is 0.593. The van der Waals surface area contributed by atoms with E-state index < -0.39 is 0 Å². The van der Waals surface area contributed by atoms with E-state index in [4.69, 9.17) is 0 Å². The molecule has 0 aromatic carbocycles. The van der Waals surface area contributed by atoms with Gasteiger partial charge in [0, 0.05) is 18.3 Å². The van der Waals surface area contributed by atoms with E-state index in [2.05, 4.69) is 17.2 Å². The van der Waals surface area contributed by atoms with E-state index in [1.807, 2.05) is 11.8 Å². The fraction of sp³-hybridized carbons (Fsp3) is 0.833. The lowest BCUT2D eigenvalue weighted by molar-refractivity contribution is 0.764. The van der Waals surface area contributed by atoms with Crippen LogP contribution in [0.3, 0.4) is 0 Å². The van der Waals surface area contributed by atoms with Gasteiger partial charge in [0.05, 0.1) is 11.1 Å². The number of hydrogen-bond acceptors (Lipinski definition) is 3. The van der Waals surface area contributed by atoms with Crippen molar-refractivity contribution < 1.29 is 0 Å². The molecule has 3 heteroatoms. The van der Waals surface area contributed by atoms with Gasteiger partial charge in [0.1, 0.15) is 0 Å². The molecule has 0 bridgehead atoms. The van der Waals surface area contributed by atoms with Gasteiger partial charge >= 0.3 is 0 Å². The van der Waals surface area contributed by atoms with E-state index in [0.29, 0.717) is 6.04 Å². The molecule has 2 rings (SSSR count). The van der Waals surface area contributed by atoms with Gasteiger partial charge in [-0.05, 0) is 6.92 Å². The summed E-state index contributed by atoms with van der Waals surface area (Å²) < 4.78 is 0. The highest BCUT2D eigenvalue weighted by atomic mass is 32.2. The quantitative estimate of drug-likeness (QED) is 0.532. The van der Waals surface area contributed by atoms with E-state index >= 15 is 0 Å². The summed E-state index contributed by atoms with van der Waals surface area (Å²) in [7, 11) is 0. The molecule has 2 unspecified atom stereocenters. The van der Waals surface area contributed by atoms with Gasteiger partial charge in [0.15, 0.2) is 0 Å². The summed E-state index contributed by atoms with van der Waals surface area (Å²) in [5.41, 5.74) is 0. The number of fused-ring (bicyclic) bond motifs is 1. The lowest BCUT2D eigenvalue weighted by atomic mass is 10.3. The molecule has 0 aromatic rings. The van der Waals surface area contributed by atoms with Crippen LogP contribution in [0.5, 0.6) is 0 Å². The van der Waals surface area contributed by atoms with Crippen LogP contribution in [-0.4, -0.2) is 29.4 Å². The second-order valence-electron chi connectivity index (χ2n) is 2.53. The first kappa shape index (κ1) is 5.74.